The van der Waals surface area contributed by atoms with Crippen LogP contribution in [0.15, 0.2) is 35.2 Å². The topological polar surface area (TPSA) is 17.1 Å². The van der Waals surface area contributed by atoms with Crippen molar-refractivity contribution in [3.8, 4) is 0 Å². The normalized spacial score (nSPS) is 11.0. The maximum absolute atomic E-state index is 11.1. The highest BCUT2D eigenvalue weighted by molar-refractivity contribution is 7.98. The Morgan fingerprint density at radius 1 is 0.955 bits per heavy atom. The fourth-order valence-electron chi connectivity index (χ4n) is 2.88. The van der Waals surface area contributed by atoms with Gasteiger partial charge in [0, 0.05) is 10.5 Å². The zero-order chi connectivity index (χ0) is 15.8. The molecule has 0 unspecified atom stereocenters. The Labute approximate surface area is 138 Å². The molecule has 0 atom stereocenters. The van der Waals surface area contributed by atoms with E-state index in [0.29, 0.717) is 0 Å². The molecule has 0 saturated heterocycles. The highest BCUT2D eigenvalue weighted by Gasteiger charge is 2.04. The van der Waals surface area contributed by atoms with Crippen molar-refractivity contribution in [1.82, 2.24) is 0 Å². The third-order valence-corrected chi connectivity index (χ3v) is 4.99. The second-order valence-electron chi connectivity index (χ2n) is 5.91. The van der Waals surface area contributed by atoms with Gasteiger partial charge < -0.3 is 0 Å². The molecule has 0 aliphatic carbocycles. The van der Waals surface area contributed by atoms with E-state index in [9.17, 15) is 4.79 Å². The fourth-order valence-corrected chi connectivity index (χ4v) is 3.47. The van der Waals surface area contributed by atoms with E-state index in [1.54, 1.807) is 11.8 Å². The monoisotopic (exact) mass is 314 g/mol. The summed E-state index contributed by atoms with van der Waals surface area (Å²) in [5.41, 5.74) is 2.21. The standard InChI is InChI=1S/C20H26OS/c1-3-4-5-6-7-8-9-16-10-11-17-13-19(15-21)20(22-2)14-18(17)12-16/h10-15H,3-9H2,1-2H3. The van der Waals surface area contributed by atoms with Crippen molar-refractivity contribution < 1.29 is 4.79 Å². The molecular formula is C20H26OS. The van der Waals surface area contributed by atoms with Crippen LogP contribution < -0.4 is 0 Å². The molecule has 0 amide bonds. The van der Waals surface area contributed by atoms with Crippen molar-refractivity contribution in [2.75, 3.05) is 6.26 Å². The van der Waals surface area contributed by atoms with Crippen LogP contribution >= 0.6 is 11.8 Å². The van der Waals surface area contributed by atoms with Crippen molar-refractivity contribution in [2.24, 2.45) is 0 Å². The Morgan fingerprint density at radius 2 is 1.73 bits per heavy atom. The van der Waals surface area contributed by atoms with Gasteiger partial charge in [0.1, 0.15) is 0 Å². The summed E-state index contributed by atoms with van der Waals surface area (Å²) in [5, 5.41) is 2.41. The minimum atomic E-state index is 0.795. The Balaban J connectivity index is 2.02. The first-order chi connectivity index (χ1) is 10.8. The molecule has 22 heavy (non-hydrogen) atoms. The van der Waals surface area contributed by atoms with Crippen molar-refractivity contribution in [1.29, 1.82) is 0 Å². The Hall–Kier alpha value is -1.28. The number of hydrogen-bond donors (Lipinski definition) is 0. The number of hydrogen-bond acceptors (Lipinski definition) is 2. The van der Waals surface area contributed by atoms with Crippen molar-refractivity contribution in [3.63, 3.8) is 0 Å². The van der Waals surface area contributed by atoms with Crippen molar-refractivity contribution >= 4 is 28.8 Å². The van der Waals surface area contributed by atoms with Gasteiger partial charge in [-0.2, -0.15) is 0 Å². The van der Waals surface area contributed by atoms with Crippen LogP contribution in [-0.4, -0.2) is 12.5 Å². The average Bonchev–Trinajstić information content (AvgIpc) is 2.56. The van der Waals surface area contributed by atoms with Gasteiger partial charge >= 0.3 is 0 Å². The molecule has 2 aromatic rings. The molecule has 0 saturated carbocycles. The molecular weight excluding hydrogens is 288 g/mol. The third kappa shape index (κ3) is 4.61. The highest BCUT2D eigenvalue weighted by atomic mass is 32.2. The summed E-state index contributed by atoms with van der Waals surface area (Å²) in [4.78, 5) is 12.2. The Kier molecular flexibility index (Phi) is 6.98. The molecule has 2 aromatic carbocycles. The van der Waals surface area contributed by atoms with Gasteiger partial charge in [-0.05, 0) is 47.6 Å². The number of rotatable bonds is 9. The van der Waals surface area contributed by atoms with Crippen LogP contribution in [0, 0.1) is 0 Å². The summed E-state index contributed by atoms with van der Waals surface area (Å²) in [6.07, 6.45) is 12.2. The van der Waals surface area contributed by atoms with Gasteiger partial charge in [-0.1, -0.05) is 57.2 Å². The molecule has 0 heterocycles. The lowest BCUT2D eigenvalue weighted by Crippen LogP contribution is -1.89. The first kappa shape index (κ1) is 17.1. The molecule has 2 heteroatoms. The first-order valence-corrected chi connectivity index (χ1v) is 9.56. The second-order valence-corrected chi connectivity index (χ2v) is 6.76. The number of carbonyl (C=O) groups is 1. The van der Waals surface area contributed by atoms with Gasteiger partial charge in [-0.25, -0.2) is 0 Å². The van der Waals surface area contributed by atoms with Crippen molar-refractivity contribution in [2.45, 2.75) is 56.8 Å². The van der Waals surface area contributed by atoms with Crippen LogP contribution in [-0.2, 0) is 6.42 Å². The van der Waals surface area contributed by atoms with Crippen LogP contribution in [0.2, 0.25) is 0 Å². The van der Waals surface area contributed by atoms with Crippen LogP contribution in [0.5, 0.6) is 0 Å². The predicted molar refractivity (Wildman–Crippen MR) is 98.2 cm³/mol. The zero-order valence-corrected chi connectivity index (χ0v) is 14.5. The summed E-state index contributed by atoms with van der Waals surface area (Å²) in [7, 11) is 0. The van der Waals surface area contributed by atoms with Gasteiger partial charge in [0.25, 0.3) is 0 Å². The summed E-state index contributed by atoms with van der Waals surface area (Å²) < 4.78 is 0. The molecule has 0 fully saturated rings. The van der Waals surface area contributed by atoms with E-state index in [2.05, 4.69) is 31.2 Å². The number of benzene rings is 2. The Bertz CT molecular complexity index is 618. The highest BCUT2D eigenvalue weighted by Crippen LogP contribution is 2.27. The van der Waals surface area contributed by atoms with Gasteiger partial charge in [0.05, 0.1) is 0 Å². The minimum Gasteiger partial charge on any atom is -0.298 e. The molecule has 1 nitrogen and oxygen atoms in total. The SMILES string of the molecule is CCCCCCCCc1ccc2cc(C=O)c(SC)cc2c1. The minimum absolute atomic E-state index is 0.795. The van der Waals surface area contributed by atoms with E-state index < -0.39 is 0 Å². The van der Waals surface area contributed by atoms with Crippen LogP contribution in [0.1, 0.15) is 61.4 Å². The molecule has 0 radical (unpaired) electrons. The quantitative estimate of drug-likeness (QED) is 0.308. The lowest BCUT2D eigenvalue weighted by Gasteiger charge is -2.07. The summed E-state index contributed by atoms with van der Waals surface area (Å²) in [5.74, 6) is 0. The summed E-state index contributed by atoms with van der Waals surface area (Å²) in [6, 6.07) is 10.8. The van der Waals surface area contributed by atoms with E-state index >= 15 is 0 Å². The lowest BCUT2D eigenvalue weighted by molar-refractivity contribution is 0.112. The predicted octanol–water partition coefficient (Wildman–Crippen LogP) is 6.28. The van der Waals surface area contributed by atoms with Gasteiger partial charge in [-0.15, -0.1) is 11.8 Å². The number of aryl methyl sites for hydroxylation is 1. The largest absolute Gasteiger partial charge is 0.298 e. The Morgan fingerprint density at radius 3 is 2.45 bits per heavy atom. The molecule has 118 valence electrons. The molecule has 0 spiro atoms. The number of thioether (sulfide) groups is 1. The molecule has 0 aliphatic rings. The van der Waals surface area contributed by atoms with E-state index in [1.807, 2.05) is 12.3 Å². The molecule has 0 aromatic heterocycles. The number of carbonyl (C=O) groups excluding carboxylic acids is 1. The fraction of sp³-hybridized carbons (Fsp3) is 0.450. The van der Waals surface area contributed by atoms with E-state index in [1.165, 1.54) is 49.5 Å². The van der Waals surface area contributed by atoms with E-state index in [-0.39, 0.29) is 0 Å². The van der Waals surface area contributed by atoms with E-state index in [0.717, 1.165) is 28.6 Å². The summed E-state index contributed by atoms with van der Waals surface area (Å²) >= 11 is 1.64. The van der Waals surface area contributed by atoms with Crippen molar-refractivity contribution in [3.05, 3.63) is 41.5 Å². The second kappa shape index (κ2) is 8.99. The number of unbranched alkanes of at least 4 members (excludes halogenated alkanes) is 5. The molecule has 0 N–H and O–H groups in total. The zero-order valence-electron chi connectivity index (χ0n) is 13.7. The van der Waals surface area contributed by atoms with E-state index in [4.69, 9.17) is 0 Å². The summed E-state index contributed by atoms with van der Waals surface area (Å²) in [6.45, 7) is 2.26. The average molecular weight is 314 g/mol. The number of aldehydes is 1. The molecule has 2 rings (SSSR count). The maximum Gasteiger partial charge on any atom is 0.151 e. The van der Waals surface area contributed by atoms with Crippen LogP contribution in [0.25, 0.3) is 10.8 Å². The lowest BCUT2D eigenvalue weighted by atomic mass is 10.0. The number of fused-ring (bicyclic) bond motifs is 1. The van der Waals surface area contributed by atoms with Gasteiger partial charge in [0.15, 0.2) is 6.29 Å². The third-order valence-electron chi connectivity index (χ3n) is 4.20. The van der Waals surface area contributed by atoms with Gasteiger partial charge in [-0.3, -0.25) is 4.79 Å². The van der Waals surface area contributed by atoms with Gasteiger partial charge in [0.2, 0.25) is 0 Å². The molecule has 0 bridgehead atoms. The first-order valence-electron chi connectivity index (χ1n) is 8.34. The van der Waals surface area contributed by atoms with Crippen LogP contribution in [0.3, 0.4) is 0 Å². The smallest absolute Gasteiger partial charge is 0.151 e. The van der Waals surface area contributed by atoms with Crippen LogP contribution in [0.4, 0.5) is 0 Å². The molecule has 0 aliphatic heterocycles. The maximum atomic E-state index is 11.1.